The minimum atomic E-state index is 1.21. The second kappa shape index (κ2) is 15.4. The zero-order chi connectivity index (χ0) is 44.7. The summed E-state index contributed by atoms with van der Waals surface area (Å²) in [5, 5.41) is 17.9. The van der Waals surface area contributed by atoms with Gasteiger partial charge in [-0.25, -0.2) is 0 Å². The highest BCUT2D eigenvalue weighted by Crippen LogP contribution is 2.53. The number of rotatable bonds is 6. The van der Waals surface area contributed by atoms with Crippen LogP contribution < -0.4 is 0 Å². The van der Waals surface area contributed by atoms with Gasteiger partial charge in [-0.2, -0.15) is 0 Å². The number of hydrogen-bond donors (Lipinski definition) is 0. The molecule has 68 heavy (non-hydrogen) atoms. The predicted molar refractivity (Wildman–Crippen MR) is 293 cm³/mol. The average Bonchev–Trinajstić information content (AvgIpc) is 3.42. The highest BCUT2D eigenvalue weighted by molar-refractivity contribution is 6.44. The minimum Gasteiger partial charge on any atom is -0.0622 e. The monoisotopic (exact) mass is 858 g/mol. The molecule has 0 heteroatoms. The normalized spacial score (nSPS) is 11.8. The molecule has 14 rings (SSSR count). The Morgan fingerprint density at radius 3 is 1.22 bits per heavy atom. The molecule has 0 atom stereocenters. The lowest BCUT2D eigenvalue weighted by Crippen LogP contribution is -1.95. The third-order valence-corrected chi connectivity index (χ3v) is 14.6. The molecule has 14 aromatic carbocycles. The molecule has 0 aliphatic heterocycles. The fourth-order valence-corrected chi connectivity index (χ4v) is 11.8. The summed E-state index contributed by atoms with van der Waals surface area (Å²) < 4.78 is 0. The molecule has 0 aromatic heterocycles. The van der Waals surface area contributed by atoms with Crippen LogP contribution in [-0.2, 0) is 0 Å². The molecule has 0 unspecified atom stereocenters. The standard InChI is InChI=1S/C68H42/c1-4-20-43(21-5-1)47-27-12-13-29-51(47)54-38-41-61-66-56-33-17-16-32-55(56)64(59-36-19-37-60(67(59)66)65-50-28-11-10-26-46(50)42-62(54)68(61)65)58-40-39-57(52-30-14-15-31-53(52)58)63-48(44-22-6-2-7-23-44)34-18-35-49(63)45-24-8-3-9-25-45/h1-42H. The van der Waals surface area contributed by atoms with Crippen molar-refractivity contribution in [1.29, 1.82) is 0 Å². The Morgan fingerprint density at radius 1 is 0.162 bits per heavy atom. The molecule has 0 aliphatic rings. The van der Waals surface area contributed by atoms with Crippen LogP contribution in [0, 0.1) is 0 Å². The van der Waals surface area contributed by atoms with Gasteiger partial charge in [-0.15, -0.1) is 0 Å². The quantitative estimate of drug-likeness (QED) is 0.115. The van der Waals surface area contributed by atoms with Gasteiger partial charge in [0, 0.05) is 0 Å². The molecular weight excluding hydrogens is 817 g/mol. The van der Waals surface area contributed by atoms with Gasteiger partial charge in [0.2, 0.25) is 0 Å². The molecule has 0 bridgehead atoms. The zero-order valence-electron chi connectivity index (χ0n) is 37.2. The summed E-state index contributed by atoms with van der Waals surface area (Å²) in [6.07, 6.45) is 0. The molecule has 0 saturated heterocycles. The van der Waals surface area contributed by atoms with Crippen LogP contribution >= 0.6 is 0 Å². The van der Waals surface area contributed by atoms with Crippen molar-refractivity contribution in [3.63, 3.8) is 0 Å². The van der Waals surface area contributed by atoms with Gasteiger partial charge in [-0.1, -0.05) is 249 Å². The van der Waals surface area contributed by atoms with E-state index in [9.17, 15) is 0 Å². The van der Waals surface area contributed by atoms with Crippen LogP contribution in [0.1, 0.15) is 0 Å². The maximum atomic E-state index is 2.45. The SMILES string of the molecule is c1ccc(-c2ccccc2-c2ccc3c4c2cc2ccccc2c4c2cccc4c(-c5ccc(-c6c(-c7ccccc7)cccc6-c6ccccc6)c6ccccc56)c5ccccc5c3c42)cc1. The summed E-state index contributed by atoms with van der Waals surface area (Å²) in [6, 6.07) is 94.6. The summed E-state index contributed by atoms with van der Waals surface area (Å²) in [5.41, 5.74) is 14.8. The topological polar surface area (TPSA) is 0 Å². The van der Waals surface area contributed by atoms with E-state index < -0.39 is 0 Å². The lowest BCUT2D eigenvalue weighted by Gasteiger charge is -2.23. The van der Waals surface area contributed by atoms with E-state index in [1.165, 1.54) is 142 Å². The van der Waals surface area contributed by atoms with Gasteiger partial charge >= 0.3 is 0 Å². The Kier molecular flexibility index (Phi) is 8.69. The number of hydrogen-bond acceptors (Lipinski definition) is 0. The first kappa shape index (κ1) is 38.4. The predicted octanol–water partition coefficient (Wildman–Crippen LogP) is 19.2. The van der Waals surface area contributed by atoms with Gasteiger partial charge in [-0.05, 0) is 148 Å². The van der Waals surface area contributed by atoms with Crippen LogP contribution in [0.2, 0.25) is 0 Å². The third kappa shape index (κ3) is 5.74. The zero-order valence-corrected chi connectivity index (χ0v) is 37.2. The number of fused-ring (bicyclic) bond motifs is 7. The lowest BCUT2D eigenvalue weighted by molar-refractivity contribution is 1.57. The fraction of sp³-hybridized carbons (Fsp3) is 0. The minimum absolute atomic E-state index is 1.21. The Labute approximate surface area is 395 Å². The third-order valence-electron chi connectivity index (χ3n) is 14.6. The molecule has 314 valence electrons. The fourth-order valence-electron chi connectivity index (χ4n) is 11.8. The molecule has 0 fully saturated rings. The summed E-state index contributed by atoms with van der Waals surface area (Å²) in [4.78, 5) is 0. The smallest absolute Gasteiger partial charge is 0.00134 e. The summed E-state index contributed by atoms with van der Waals surface area (Å²) in [5.74, 6) is 0. The maximum absolute atomic E-state index is 2.45. The molecule has 0 radical (unpaired) electrons. The van der Waals surface area contributed by atoms with Crippen LogP contribution in [0.5, 0.6) is 0 Å². The van der Waals surface area contributed by atoms with Crippen molar-refractivity contribution in [2.24, 2.45) is 0 Å². The van der Waals surface area contributed by atoms with Crippen molar-refractivity contribution in [1.82, 2.24) is 0 Å². The van der Waals surface area contributed by atoms with Gasteiger partial charge in [0.25, 0.3) is 0 Å². The first-order chi connectivity index (χ1) is 33.8. The molecule has 0 saturated carbocycles. The van der Waals surface area contributed by atoms with Crippen LogP contribution in [0.25, 0.3) is 142 Å². The van der Waals surface area contributed by atoms with E-state index in [0.29, 0.717) is 0 Å². The van der Waals surface area contributed by atoms with E-state index in [0.717, 1.165) is 0 Å². The Balaban J connectivity index is 1.09. The van der Waals surface area contributed by atoms with E-state index >= 15 is 0 Å². The van der Waals surface area contributed by atoms with Gasteiger partial charge in [0.05, 0.1) is 0 Å². The van der Waals surface area contributed by atoms with Crippen LogP contribution in [-0.4, -0.2) is 0 Å². The van der Waals surface area contributed by atoms with Gasteiger partial charge in [0.15, 0.2) is 0 Å². The second-order valence-electron chi connectivity index (χ2n) is 18.2. The van der Waals surface area contributed by atoms with E-state index in [-0.39, 0.29) is 0 Å². The Bertz CT molecular complexity index is 4220. The molecule has 0 N–H and O–H groups in total. The summed E-state index contributed by atoms with van der Waals surface area (Å²) in [7, 11) is 0. The summed E-state index contributed by atoms with van der Waals surface area (Å²) >= 11 is 0. The largest absolute Gasteiger partial charge is 0.0622 e. The van der Waals surface area contributed by atoms with Gasteiger partial charge in [0.1, 0.15) is 0 Å². The van der Waals surface area contributed by atoms with Crippen molar-refractivity contribution >= 4 is 75.4 Å². The van der Waals surface area contributed by atoms with Crippen molar-refractivity contribution in [3.8, 4) is 66.8 Å². The highest BCUT2D eigenvalue weighted by atomic mass is 14.3. The van der Waals surface area contributed by atoms with Crippen molar-refractivity contribution < 1.29 is 0 Å². The first-order valence-corrected chi connectivity index (χ1v) is 23.7. The molecular formula is C68H42. The maximum Gasteiger partial charge on any atom is -0.00134 e. The highest BCUT2D eigenvalue weighted by Gasteiger charge is 2.25. The molecule has 0 spiro atoms. The van der Waals surface area contributed by atoms with E-state index in [4.69, 9.17) is 0 Å². The molecule has 0 heterocycles. The second-order valence-corrected chi connectivity index (χ2v) is 18.2. The van der Waals surface area contributed by atoms with Gasteiger partial charge in [-0.3, -0.25) is 0 Å². The summed E-state index contributed by atoms with van der Waals surface area (Å²) in [6.45, 7) is 0. The number of benzene rings is 14. The Morgan fingerprint density at radius 2 is 0.559 bits per heavy atom. The van der Waals surface area contributed by atoms with Crippen LogP contribution in [0.4, 0.5) is 0 Å². The molecule has 0 amide bonds. The van der Waals surface area contributed by atoms with E-state index in [2.05, 4.69) is 255 Å². The molecule has 0 aliphatic carbocycles. The lowest BCUT2D eigenvalue weighted by atomic mass is 9.79. The van der Waals surface area contributed by atoms with Crippen molar-refractivity contribution in [2.45, 2.75) is 0 Å². The average molecular weight is 859 g/mol. The molecule has 14 aromatic rings. The van der Waals surface area contributed by atoms with E-state index in [1.807, 2.05) is 0 Å². The van der Waals surface area contributed by atoms with Crippen LogP contribution in [0.3, 0.4) is 0 Å². The molecule has 0 nitrogen and oxygen atoms in total. The van der Waals surface area contributed by atoms with E-state index in [1.54, 1.807) is 0 Å². The van der Waals surface area contributed by atoms with Gasteiger partial charge < -0.3 is 0 Å². The van der Waals surface area contributed by atoms with Crippen molar-refractivity contribution in [2.75, 3.05) is 0 Å². The van der Waals surface area contributed by atoms with Crippen molar-refractivity contribution in [3.05, 3.63) is 255 Å². The Hall–Kier alpha value is -8.84. The van der Waals surface area contributed by atoms with Crippen LogP contribution in [0.15, 0.2) is 255 Å². The first-order valence-electron chi connectivity index (χ1n) is 23.7.